The van der Waals surface area contributed by atoms with E-state index >= 15 is 0 Å². The fourth-order valence-electron chi connectivity index (χ4n) is 2.37. The van der Waals surface area contributed by atoms with E-state index in [0.29, 0.717) is 5.69 Å². The van der Waals surface area contributed by atoms with Gasteiger partial charge >= 0.3 is 5.97 Å². The van der Waals surface area contributed by atoms with Crippen molar-refractivity contribution in [3.63, 3.8) is 0 Å². The van der Waals surface area contributed by atoms with Crippen LogP contribution in [0.25, 0.3) is 0 Å². The number of hydrogen-bond acceptors (Lipinski definition) is 4. The first kappa shape index (κ1) is 17.6. The van der Waals surface area contributed by atoms with Gasteiger partial charge in [0.05, 0.1) is 24.0 Å². The number of benzene rings is 1. The molecule has 0 spiro atoms. The summed E-state index contributed by atoms with van der Waals surface area (Å²) in [5, 5.41) is 19.7. The van der Waals surface area contributed by atoms with Crippen molar-refractivity contribution >= 4 is 29.2 Å². The van der Waals surface area contributed by atoms with Crippen LogP contribution in [-0.2, 0) is 13.6 Å². The third kappa shape index (κ3) is 3.57. The van der Waals surface area contributed by atoms with Gasteiger partial charge in [-0.1, -0.05) is 17.7 Å². The van der Waals surface area contributed by atoms with E-state index in [-0.39, 0.29) is 28.4 Å². The number of amides is 1. The number of nitrogens with zero attached hydrogens (tertiary/aromatic N) is 4. The molecule has 0 fully saturated rings. The fourth-order valence-corrected chi connectivity index (χ4v) is 2.59. The summed E-state index contributed by atoms with van der Waals surface area (Å²) in [5.41, 5.74) is 0.165. The van der Waals surface area contributed by atoms with Crippen LogP contribution in [0.3, 0.4) is 0 Å². The monoisotopic (exact) mass is 377 g/mol. The molecule has 8 nitrogen and oxygen atoms in total. The average molecular weight is 378 g/mol. The molecule has 0 saturated heterocycles. The Hall–Kier alpha value is -3.20. The smallest absolute Gasteiger partial charge is 0.357 e. The Morgan fingerprint density at radius 3 is 2.81 bits per heavy atom. The molecule has 10 heteroatoms. The number of halogens is 2. The molecule has 1 amide bonds. The number of carboxylic acids is 1. The minimum absolute atomic E-state index is 0.0780. The van der Waals surface area contributed by atoms with E-state index in [0.717, 1.165) is 0 Å². The number of carboxylic acid groups (broad SMARTS) is 1. The van der Waals surface area contributed by atoms with Gasteiger partial charge in [-0.05, 0) is 12.1 Å². The fraction of sp³-hybridized carbons (Fsp3) is 0.125. The van der Waals surface area contributed by atoms with E-state index in [1.807, 2.05) is 0 Å². The van der Waals surface area contributed by atoms with E-state index in [4.69, 9.17) is 16.7 Å². The Labute approximate surface area is 151 Å². The van der Waals surface area contributed by atoms with E-state index in [9.17, 15) is 14.0 Å². The summed E-state index contributed by atoms with van der Waals surface area (Å²) in [6.07, 6.45) is 4.16. The molecule has 3 aromatic rings. The van der Waals surface area contributed by atoms with Gasteiger partial charge in [0.25, 0.3) is 5.91 Å². The van der Waals surface area contributed by atoms with Crippen molar-refractivity contribution in [3.8, 4) is 0 Å². The number of carbonyl (C=O) groups is 2. The number of hydrogen-bond donors (Lipinski definition) is 2. The molecule has 0 radical (unpaired) electrons. The Bertz CT molecular complexity index is 977. The van der Waals surface area contributed by atoms with Crippen LogP contribution < -0.4 is 5.32 Å². The van der Waals surface area contributed by atoms with Crippen molar-refractivity contribution < 1.29 is 19.1 Å². The maximum absolute atomic E-state index is 13.8. The lowest BCUT2D eigenvalue weighted by molar-refractivity contribution is 0.0685. The van der Waals surface area contributed by atoms with Gasteiger partial charge in [-0.2, -0.15) is 10.2 Å². The van der Waals surface area contributed by atoms with E-state index < -0.39 is 17.7 Å². The normalized spacial score (nSPS) is 10.7. The van der Waals surface area contributed by atoms with Crippen LogP contribution in [-0.4, -0.2) is 36.5 Å². The first-order valence-corrected chi connectivity index (χ1v) is 7.76. The number of anilines is 1. The predicted octanol–water partition coefficient (Wildman–Crippen LogP) is 2.41. The molecule has 26 heavy (non-hydrogen) atoms. The second kappa shape index (κ2) is 6.96. The summed E-state index contributed by atoms with van der Waals surface area (Å²) in [5.74, 6) is -2.40. The quantitative estimate of drug-likeness (QED) is 0.710. The van der Waals surface area contributed by atoms with Gasteiger partial charge in [0, 0.05) is 30.0 Å². The van der Waals surface area contributed by atoms with Crippen molar-refractivity contribution in [2.24, 2.45) is 7.05 Å². The van der Waals surface area contributed by atoms with E-state index in [2.05, 4.69) is 15.5 Å². The zero-order valence-corrected chi connectivity index (χ0v) is 14.2. The van der Waals surface area contributed by atoms with Gasteiger partial charge in [0.1, 0.15) is 5.82 Å². The van der Waals surface area contributed by atoms with Crippen LogP contribution in [0.1, 0.15) is 26.4 Å². The summed E-state index contributed by atoms with van der Waals surface area (Å²) >= 11 is 5.98. The topological polar surface area (TPSA) is 102 Å². The second-order valence-corrected chi connectivity index (χ2v) is 5.86. The molecular formula is C16H13ClFN5O3. The summed E-state index contributed by atoms with van der Waals surface area (Å²) in [6.45, 7) is 0.0780. The molecule has 2 aromatic heterocycles. The van der Waals surface area contributed by atoms with Gasteiger partial charge in [-0.25, -0.2) is 9.18 Å². The minimum atomic E-state index is -1.30. The van der Waals surface area contributed by atoms with Crippen molar-refractivity contribution in [2.75, 3.05) is 5.32 Å². The first-order chi connectivity index (χ1) is 12.3. The molecule has 2 heterocycles. The molecule has 3 rings (SSSR count). The Morgan fingerprint density at radius 2 is 2.12 bits per heavy atom. The highest BCUT2D eigenvalue weighted by Gasteiger charge is 2.21. The lowest BCUT2D eigenvalue weighted by Gasteiger charge is -2.05. The van der Waals surface area contributed by atoms with Crippen molar-refractivity contribution in [1.29, 1.82) is 0 Å². The molecular weight excluding hydrogens is 365 g/mol. The van der Waals surface area contributed by atoms with Gasteiger partial charge in [0.2, 0.25) is 0 Å². The maximum atomic E-state index is 13.8. The molecule has 0 atom stereocenters. The van der Waals surface area contributed by atoms with Crippen LogP contribution in [0.15, 0.2) is 36.8 Å². The molecule has 0 aliphatic rings. The summed E-state index contributed by atoms with van der Waals surface area (Å²) in [7, 11) is 1.51. The van der Waals surface area contributed by atoms with Crippen LogP contribution in [0.2, 0.25) is 5.02 Å². The number of aromatic carboxylic acids is 1. The number of rotatable bonds is 5. The standard InChI is InChI=1S/C16H13ClFN5O3/c1-22-7-11(14(21-22)16(25)26)15(24)20-9-5-19-23(6-9)8-10-12(17)3-2-4-13(10)18/h2-7H,8H2,1H3,(H,20,24)(H,25,26). The third-order valence-corrected chi connectivity index (χ3v) is 3.90. The maximum Gasteiger partial charge on any atom is 0.357 e. The number of aryl methyl sites for hydroxylation is 1. The van der Waals surface area contributed by atoms with Crippen molar-refractivity contribution in [1.82, 2.24) is 19.6 Å². The molecule has 0 aliphatic carbocycles. The third-order valence-electron chi connectivity index (χ3n) is 3.55. The molecule has 0 saturated carbocycles. The molecule has 0 unspecified atom stereocenters. The highest BCUT2D eigenvalue weighted by atomic mass is 35.5. The Kier molecular flexibility index (Phi) is 4.72. The Balaban J connectivity index is 1.77. The van der Waals surface area contributed by atoms with Gasteiger partial charge in [-0.3, -0.25) is 14.2 Å². The van der Waals surface area contributed by atoms with Crippen LogP contribution in [0.5, 0.6) is 0 Å². The van der Waals surface area contributed by atoms with E-state index in [1.165, 1.54) is 47.1 Å². The van der Waals surface area contributed by atoms with Gasteiger partial charge < -0.3 is 10.4 Å². The Morgan fingerprint density at radius 1 is 1.35 bits per heavy atom. The highest BCUT2D eigenvalue weighted by molar-refractivity contribution is 6.31. The lowest BCUT2D eigenvalue weighted by Crippen LogP contribution is -2.15. The average Bonchev–Trinajstić information content (AvgIpc) is 3.17. The van der Waals surface area contributed by atoms with E-state index in [1.54, 1.807) is 6.07 Å². The largest absolute Gasteiger partial charge is 0.476 e. The van der Waals surface area contributed by atoms with Crippen molar-refractivity contribution in [3.05, 3.63) is 64.5 Å². The minimum Gasteiger partial charge on any atom is -0.476 e. The summed E-state index contributed by atoms with van der Waals surface area (Å²) in [6, 6.07) is 4.37. The molecule has 0 aliphatic heterocycles. The predicted molar refractivity (Wildman–Crippen MR) is 90.9 cm³/mol. The first-order valence-electron chi connectivity index (χ1n) is 7.39. The van der Waals surface area contributed by atoms with Crippen LogP contribution in [0, 0.1) is 5.82 Å². The number of nitrogens with one attached hydrogen (secondary N) is 1. The van der Waals surface area contributed by atoms with Crippen LogP contribution >= 0.6 is 11.6 Å². The van der Waals surface area contributed by atoms with Crippen LogP contribution in [0.4, 0.5) is 10.1 Å². The van der Waals surface area contributed by atoms with Gasteiger partial charge in [-0.15, -0.1) is 0 Å². The van der Waals surface area contributed by atoms with Crippen molar-refractivity contribution in [2.45, 2.75) is 6.54 Å². The SMILES string of the molecule is Cn1cc(C(=O)Nc2cnn(Cc3c(F)cccc3Cl)c2)c(C(=O)O)n1. The summed E-state index contributed by atoms with van der Waals surface area (Å²) < 4.78 is 16.5. The number of carbonyl (C=O) groups excluding carboxylic acids is 1. The lowest BCUT2D eigenvalue weighted by atomic mass is 10.2. The van der Waals surface area contributed by atoms with Gasteiger partial charge in [0.15, 0.2) is 5.69 Å². The molecule has 2 N–H and O–H groups in total. The molecule has 1 aromatic carbocycles. The summed E-state index contributed by atoms with van der Waals surface area (Å²) in [4.78, 5) is 23.4. The second-order valence-electron chi connectivity index (χ2n) is 5.45. The zero-order chi connectivity index (χ0) is 18.8. The molecule has 134 valence electrons. The number of aromatic nitrogens is 4. The highest BCUT2D eigenvalue weighted by Crippen LogP contribution is 2.20. The zero-order valence-electron chi connectivity index (χ0n) is 13.5. The molecule has 0 bridgehead atoms.